The maximum absolute atomic E-state index is 6.52. The molecule has 0 saturated heterocycles. The van der Waals surface area contributed by atoms with Crippen LogP contribution in [0.2, 0.25) is 0 Å². The number of imidazole rings is 1. The van der Waals surface area contributed by atoms with Gasteiger partial charge in [0.15, 0.2) is 0 Å². The van der Waals surface area contributed by atoms with Gasteiger partial charge in [-0.2, -0.15) is 0 Å². The molecule has 6 aromatic rings. The standard InChI is InChI=1S/C35H34Br2N2O/c1-3-5-9-19-39-34-30-22-25(37)15-17-28(30)27-16-14-24(36)21-29(27)33(34)38-35(39)32-26-12-8-7-11-23(26)13-18-31(32)40-20-10-6-4-2/h7-8,11-18,21-22H,3-6,9-10,19-20H2,1-2H3. The van der Waals surface area contributed by atoms with Crippen molar-refractivity contribution in [1.82, 2.24) is 9.55 Å². The zero-order valence-electron chi connectivity index (χ0n) is 23.1. The van der Waals surface area contributed by atoms with Gasteiger partial charge in [0.05, 0.1) is 23.2 Å². The van der Waals surface area contributed by atoms with Gasteiger partial charge < -0.3 is 9.30 Å². The van der Waals surface area contributed by atoms with Crippen molar-refractivity contribution in [2.24, 2.45) is 0 Å². The molecular weight excluding hydrogens is 624 g/mol. The van der Waals surface area contributed by atoms with Gasteiger partial charge in [-0.05, 0) is 64.7 Å². The molecule has 0 aliphatic carbocycles. The Kier molecular flexibility index (Phi) is 8.13. The molecular formula is C35H34Br2N2O. The Hall–Kier alpha value is -2.89. The molecule has 3 nitrogen and oxygen atoms in total. The quantitative estimate of drug-likeness (QED) is 0.108. The molecule has 5 aromatic carbocycles. The van der Waals surface area contributed by atoms with Crippen LogP contribution in [0.3, 0.4) is 0 Å². The van der Waals surface area contributed by atoms with Crippen LogP contribution in [-0.4, -0.2) is 16.2 Å². The first-order valence-electron chi connectivity index (χ1n) is 14.5. The van der Waals surface area contributed by atoms with E-state index in [9.17, 15) is 0 Å². The summed E-state index contributed by atoms with van der Waals surface area (Å²) in [6.07, 6.45) is 6.83. The second-order valence-electron chi connectivity index (χ2n) is 10.6. The summed E-state index contributed by atoms with van der Waals surface area (Å²) in [5, 5.41) is 7.23. The van der Waals surface area contributed by atoms with Gasteiger partial charge in [0.1, 0.15) is 11.6 Å². The van der Waals surface area contributed by atoms with Gasteiger partial charge in [0, 0.05) is 26.3 Å². The summed E-state index contributed by atoms with van der Waals surface area (Å²) >= 11 is 7.50. The minimum absolute atomic E-state index is 0.709. The third-order valence-corrected chi connectivity index (χ3v) is 8.82. The van der Waals surface area contributed by atoms with Gasteiger partial charge >= 0.3 is 0 Å². The van der Waals surface area contributed by atoms with Crippen LogP contribution < -0.4 is 4.74 Å². The average Bonchev–Trinajstić information content (AvgIpc) is 3.34. The second-order valence-corrected chi connectivity index (χ2v) is 12.4. The highest BCUT2D eigenvalue weighted by molar-refractivity contribution is 9.10. The first-order valence-corrected chi connectivity index (χ1v) is 16.0. The molecule has 204 valence electrons. The third-order valence-electron chi connectivity index (χ3n) is 7.84. The van der Waals surface area contributed by atoms with E-state index in [1.807, 2.05) is 0 Å². The van der Waals surface area contributed by atoms with Crippen molar-refractivity contribution in [3.05, 3.63) is 81.7 Å². The molecule has 0 spiro atoms. The van der Waals surface area contributed by atoms with Gasteiger partial charge in [0.25, 0.3) is 0 Å². The van der Waals surface area contributed by atoms with Crippen molar-refractivity contribution in [2.75, 3.05) is 6.61 Å². The number of halogens is 2. The van der Waals surface area contributed by atoms with Gasteiger partial charge in [-0.1, -0.05) is 114 Å². The molecule has 1 aromatic heterocycles. The SMILES string of the molecule is CCCCCOc1ccc2ccccc2c1-c1nc2c3cc(Br)ccc3c3ccc(Br)cc3c2n1CCCCC. The molecule has 5 heteroatoms. The number of fused-ring (bicyclic) bond motifs is 7. The Labute approximate surface area is 252 Å². The van der Waals surface area contributed by atoms with Gasteiger partial charge in [0.2, 0.25) is 0 Å². The topological polar surface area (TPSA) is 27.1 Å². The number of aryl methyl sites for hydroxylation is 1. The molecule has 0 N–H and O–H groups in total. The smallest absolute Gasteiger partial charge is 0.145 e. The first kappa shape index (κ1) is 27.3. The summed E-state index contributed by atoms with van der Waals surface area (Å²) < 4.78 is 11.1. The molecule has 0 radical (unpaired) electrons. The number of ether oxygens (including phenoxy) is 1. The van der Waals surface area contributed by atoms with Crippen LogP contribution in [-0.2, 0) is 6.54 Å². The van der Waals surface area contributed by atoms with Crippen LogP contribution in [0.4, 0.5) is 0 Å². The third kappa shape index (κ3) is 5.03. The van der Waals surface area contributed by atoms with Crippen molar-refractivity contribution in [2.45, 2.75) is 58.9 Å². The highest BCUT2D eigenvalue weighted by Gasteiger charge is 2.23. The summed E-state index contributed by atoms with van der Waals surface area (Å²) in [4.78, 5) is 5.51. The van der Waals surface area contributed by atoms with E-state index in [2.05, 4.69) is 123 Å². The van der Waals surface area contributed by atoms with Crippen molar-refractivity contribution in [1.29, 1.82) is 0 Å². The maximum Gasteiger partial charge on any atom is 0.145 e. The van der Waals surface area contributed by atoms with E-state index in [4.69, 9.17) is 9.72 Å². The Bertz CT molecular complexity index is 1840. The summed E-state index contributed by atoms with van der Waals surface area (Å²) in [6.45, 7) is 6.10. The van der Waals surface area contributed by atoms with E-state index in [0.717, 1.165) is 51.0 Å². The molecule has 6 rings (SSSR count). The molecule has 40 heavy (non-hydrogen) atoms. The summed E-state index contributed by atoms with van der Waals surface area (Å²) in [7, 11) is 0. The Balaban J connectivity index is 1.72. The number of unbranched alkanes of at least 4 members (excludes halogenated alkanes) is 4. The molecule has 0 aliphatic rings. The highest BCUT2D eigenvalue weighted by Crippen LogP contribution is 2.43. The van der Waals surface area contributed by atoms with Crippen LogP contribution in [0.15, 0.2) is 81.7 Å². The van der Waals surface area contributed by atoms with Crippen LogP contribution in [0, 0.1) is 0 Å². The van der Waals surface area contributed by atoms with E-state index in [1.54, 1.807) is 0 Å². The fourth-order valence-corrected chi connectivity index (χ4v) is 6.60. The van der Waals surface area contributed by atoms with Crippen LogP contribution in [0.5, 0.6) is 5.75 Å². The minimum atomic E-state index is 0.709. The molecule has 0 atom stereocenters. The molecule has 0 unspecified atom stereocenters. The minimum Gasteiger partial charge on any atom is -0.493 e. The lowest BCUT2D eigenvalue weighted by Gasteiger charge is -2.17. The fraction of sp³-hybridized carbons (Fsp3) is 0.286. The molecule has 0 bridgehead atoms. The van der Waals surface area contributed by atoms with E-state index < -0.39 is 0 Å². The number of benzene rings is 5. The predicted octanol–water partition coefficient (Wildman–Crippen LogP) is 11.4. The van der Waals surface area contributed by atoms with Crippen molar-refractivity contribution in [3.8, 4) is 17.1 Å². The van der Waals surface area contributed by atoms with Gasteiger partial charge in [-0.25, -0.2) is 4.98 Å². The number of hydrogen-bond donors (Lipinski definition) is 0. The monoisotopic (exact) mass is 656 g/mol. The normalized spacial score (nSPS) is 11.8. The lowest BCUT2D eigenvalue weighted by Crippen LogP contribution is -2.05. The largest absolute Gasteiger partial charge is 0.493 e. The first-order chi connectivity index (χ1) is 19.6. The summed E-state index contributed by atoms with van der Waals surface area (Å²) in [6, 6.07) is 26.1. The molecule has 0 aliphatic heterocycles. The zero-order valence-corrected chi connectivity index (χ0v) is 26.3. The predicted molar refractivity (Wildman–Crippen MR) is 178 cm³/mol. The Morgan fingerprint density at radius 2 is 1.40 bits per heavy atom. The van der Waals surface area contributed by atoms with Crippen LogP contribution >= 0.6 is 31.9 Å². The lowest BCUT2D eigenvalue weighted by molar-refractivity contribution is 0.307. The highest BCUT2D eigenvalue weighted by atomic mass is 79.9. The number of hydrogen-bond acceptors (Lipinski definition) is 2. The van der Waals surface area contributed by atoms with E-state index in [1.165, 1.54) is 63.5 Å². The molecule has 0 fully saturated rings. The Morgan fingerprint density at radius 1 is 0.700 bits per heavy atom. The maximum atomic E-state index is 6.52. The number of rotatable bonds is 10. The number of aromatic nitrogens is 2. The van der Waals surface area contributed by atoms with Crippen molar-refractivity contribution in [3.63, 3.8) is 0 Å². The summed E-state index contributed by atoms with van der Waals surface area (Å²) in [5.41, 5.74) is 3.32. The lowest BCUT2D eigenvalue weighted by atomic mass is 10.00. The van der Waals surface area contributed by atoms with Gasteiger partial charge in [-0.15, -0.1) is 0 Å². The van der Waals surface area contributed by atoms with Crippen molar-refractivity contribution < 1.29 is 4.74 Å². The number of nitrogens with zero attached hydrogens (tertiary/aromatic N) is 2. The van der Waals surface area contributed by atoms with Crippen LogP contribution in [0.1, 0.15) is 52.4 Å². The van der Waals surface area contributed by atoms with Crippen molar-refractivity contribution >= 4 is 75.2 Å². The molecule has 1 heterocycles. The molecule has 0 saturated carbocycles. The van der Waals surface area contributed by atoms with E-state index in [-0.39, 0.29) is 0 Å². The second kappa shape index (κ2) is 11.9. The molecule has 0 amide bonds. The fourth-order valence-electron chi connectivity index (χ4n) is 5.87. The zero-order chi connectivity index (χ0) is 27.6. The average molecular weight is 658 g/mol. The van der Waals surface area contributed by atoms with E-state index >= 15 is 0 Å². The van der Waals surface area contributed by atoms with Crippen LogP contribution in [0.25, 0.3) is 54.7 Å². The Morgan fingerprint density at radius 3 is 2.17 bits per heavy atom. The summed E-state index contributed by atoms with van der Waals surface area (Å²) in [5.74, 6) is 1.90. The van der Waals surface area contributed by atoms with Gasteiger partial charge in [-0.3, -0.25) is 0 Å². The van der Waals surface area contributed by atoms with E-state index in [0.29, 0.717) is 6.61 Å².